The summed E-state index contributed by atoms with van der Waals surface area (Å²) in [5.41, 5.74) is 5.18. The van der Waals surface area contributed by atoms with E-state index in [2.05, 4.69) is 55.7 Å². The van der Waals surface area contributed by atoms with Crippen molar-refractivity contribution in [1.82, 2.24) is 5.43 Å². The van der Waals surface area contributed by atoms with Crippen LogP contribution < -0.4 is 10.2 Å². The van der Waals surface area contributed by atoms with Gasteiger partial charge in [0.2, 0.25) is 5.91 Å². The van der Waals surface area contributed by atoms with Gasteiger partial charge in [-0.05, 0) is 86.1 Å². The molecule has 0 saturated carbocycles. The van der Waals surface area contributed by atoms with Crippen molar-refractivity contribution in [3.63, 3.8) is 0 Å². The molecule has 0 aliphatic carbocycles. The average molecular weight is 614 g/mol. The Morgan fingerprint density at radius 3 is 2.31 bits per heavy atom. The van der Waals surface area contributed by atoms with Crippen molar-refractivity contribution >= 4 is 57.3 Å². The number of carbonyl (C=O) groups excluding carboxylic acids is 1. The van der Waals surface area contributed by atoms with Crippen LogP contribution in [0.1, 0.15) is 16.7 Å². The van der Waals surface area contributed by atoms with Gasteiger partial charge in [0.1, 0.15) is 18.2 Å². The monoisotopic (exact) mass is 614 g/mol. The summed E-state index contributed by atoms with van der Waals surface area (Å²) in [7, 11) is 0. The number of rotatable bonds is 7. The Kier molecular flexibility index (Phi) is 7.99. The normalized spacial score (nSPS) is 10.9. The number of nitrogens with zero attached hydrogens (tertiary/aromatic N) is 1. The van der Waals surface area contributed by atoms with E-state index >= 15 is 0 Å². The summed E-state index contributed by atoms with van der Waals surface area (Å²) in [6, 6.07) is 19.7. The summed E-state index contributed by atoms with van der Waals surface area (Å²) in [6.07, 6.45) is 1.73. The summed E-state index contributed by atoms with van der Waals surface area (Å²) >= 11 is 4.46. The average Bonchev–Trinajstić information content (AvgIpc) is 2.70. The van der Waals surface area contributed by atoms with Crippen molar-refractivity contribution in [3.05, 3.63) is 96.4 Å². The van der Waals surface area contributed by atoms with Crippen LogP contribution in [0.3, 0.4) is 0 Å². The van der Waals surface area contributed by atoms with Crippen LogP contribution in [-0.4, -0.2) is 12.1 Å². The maximum atomic E-state index is 12.9. The summed E-state index contributed by atoms with van der Waals surface area (Å²) in [5, 5.41) is 4.01. The van der Waals surface area contributed by atoms with Crippen molar-refractivity contribution < 1.29 is 13.9 Å². The minimum atomic E-state index is -0.326. The Balaban J connectivity index is 1.57. The first-order chi connectivity index (χ1) is 14.0. The number of ether oxygens (including phenoxy) is 1. The van der Waals surface area contributed by atoms with Crippen LogP contribution in [-0.2, 0) is 17.8 Å². The number of hydrazone groups is 1. The molecule has 0 bridgehead atoms. The third kappa shape index (κ3) is 6.77. The third-order valence-electron chi connectivity index (χ3n) is 3.93. The second-order valence-corrected chi connectivity index (χ2v) is 8.51. The number of carbonyl (C=O) groups is 1. The molecule has 1 amide bonds. The first-order valence-corrected chi connectivity index (χ1v) is 10.9. The van der Waals surface area contributed by atoms with Gasteiger partial charge in [0.15, 0.2) is 0 Å². The molecule has 29 heavy (non-hydrogen) atoms. The van der Waals surface area contributed by atoms with Crippen molar-refractivity contribution in [2.75, 3.05) is 0 Å². The van der Waals surface area contributed by atoms with Gasteiger partial charge < -0.3 is 4.74 Å². The molecule has 3 aromatic carbocycles. The lowest BCUT2D eigenvalue weighted by Crippen LogP contribution is -2.19. The fourth-order valence-electron chi connectivity index (χ4n) is 2.53. The van der Waals surface area contributed by atoms with Gasteiger partial charge in [-0.2, -0.15) is 5.10 Å². The standard InChI is InChI=1S/C22H17FI2N2O2/c23-18-8-6-15(7-9-18)12-21(28)27-26-13-17-10-19(24)22(20(25)11-17)29-14-16-4-2-1-3-5-16/h1-11,13H,12,14H2,(H,27,28)/b26-13+. The van der Waals surface area contributed by atoms with E-state index < -0.39 is 0 Å². The Hall–Kier alpha value is -2.01. The van der Waals surface area contributed by atoms with E-state index in [1.165, 1.54) is 12.1 Å². The number of hydrogen-bond acceptors (Lipinski definition) is 3. The van der Waals surface area contributed by atoms with Gasteiger partial charge in [-0.1, -0.05) is 42.5 Å². The first-order valence-electron chi connectivity index (χ1n) is 8.73. The molecule has 3 aromatic rings. The van der Waals surface area contributed by atoms with E-state index in [9.17, 15) is 9.18 Å². The number of benzene rings is 3. The van der Waals surface area contributed by atoms with Crippen LogP contribution >= 0.6 is 45.2 Å². The lowest BCUT2D eigenvalue weighted by atomic mass is 10.1. The highest BCUT2D eigenvalue weighted by atomic mass is 127. The fraction of sp³-hybridized carbons (Fsp3) is 0.0909. The third-order valence-corrected chi connectivity index (χ3v) is 5.53. The first kappa shape index (κ1) is 21.7. The van der Waals surface area contributed by atoms with Crippen LogP contribution in [0, 0.1) is 13.0 Å². The molecule has 0 heterocycles. The molecule has 0 fully saturated rings. The van der Waals surface area contributed by atoms with Gasteiger partial charge in [-0.15, -0.1) is 0 Å². The van der Waals surface area contributed by atoms with Crippen molar-refractivity contribution in [2.24, 2.45) is 5.10 Å². The molecule has 0 radical (unpaired) electrons. The Morgan fingerprint density at radius 2 is 1.66 bits per heavy atom. The second kappa shape index (κ2) is 10.7. The molecule has 0 unspecified atom stereocenters. The zero-order chi connectivity index (χ0) is 20.6. The number of amides is 1. The summed E-state index contributed by atoms with van der Waals surface area (Å²) in [4.78, 5) is 12.0. The Labute approximate surface area is 195 Å². The topological polar surface area (TPSA) is 50.7 Å². The maximum absolute atomic E-state index is 12.9. The zero-order valence-corrected chi connectivity index (χ0v) is 19.6. The van der Waals surface area contributed by atoms with Gasteiger partial charge in [0.05, 0.1) is 19.8 Å². The van der Waals surface area contributed by atoms with Crippen LogP contribution in [0.5, 0.6) is 5.75 Å². The van der Waals surface area contributed by atoms with E-state index in [0.717, 1.165) is 29.6 Å². The largest absolute Gasteiger partial charge is 0.487 e. The molecule has 1 N–H and O–H groups in total. The molecule has 0 saturated heterocycles. The van der Waals surface area contributed by atoms with E-state index in [4.69, 9.17) is 4.74 Å². The van der Waals surface area contributed by atoms with E-state index in [-0.39, 0.29) is 18.1 Å². The molecule has 4 nitrogen and oxygen atoms in total. The van der Waals surface area contributed by atoms with Gasteiger partial charge in [0.25, 0.3) is 0 Å². The highest BCUT2D eigenvalue weighted by Gasteiger charge is 2.09. The molecule has 0 aliphatic heterocycles. The van der Waals surface area contributed by atoms with Crippen LogP contribution in [0.4, 0.5) is 4.39 Å². The van der Waals surface area contributed by atoms with Crippen molar-refractivity contribution in [3.8, 4) is 5.75 Å². The van der Waals surface area contributed by atoms with Crippen LogP contribution in [0.2, 0.25) is 0 Å². The van der Waals surface area contributed by atoms with Gasteiger partial charge in [0, 0.05) is 0 Å². The summed E-state index contributed by atoms with van der Waals surface area (Å²) < 4.78 is 20.8. The minimum Gasteiger partial charge on any atom is -0.487 e. The highest BCUT2D eigenvalue weighted by Crippen LogP contribution is 2.29. The van der Waals surface area contributed by atoms with Crippen molar-refractivity contribution in [2.45, 2.75) is 13.0 Å². The van der Waals surface area contributed by atoms with E-state index in [0.29, 0.717) is 6.61 Å². The smallest absolute Gasteiger partial charge is 0.244 e. The molecular weight excluding hydrogens is 597 g/mol. The van der Waals surface area contributed by atoms with Crippen molar-refractivity contribution in [1.29, 1.82) is 0 Å². The molecule has 3 rings (SSSR count). The molecule has 0 aromatic heterocycles. The molecule has 0 aliphatic rings. The minimum absolute atomic E-state index is 0.138. The van der Waals surface area contributed by atoms with Crippen LogP contribution in [0.15, 0.2) is 71.8 Å². The quantitative estimate of drug-likeness (QED) is 0.223. The van der Waals surface area contributed by atoms with E-state index in [1.54, 1.807) is 18.3 Å². The summed E-state index contributed by atoms with van der Waals surface area (Å²) in [5.74, 6) is 0.236. The maximum Gasteiger partial charge on any atom is 0.244 e. The van der Waals surface area contributed by atoms with Gasteiger partial charge in [-0.25, -0.2) is 9.82 Å². The number of halogens is 3. The van der Waals surface area contributed by atoms with Gasteiger partial charge >= 0.3 is 0 Å². The summed E-state index contributed by atoms with van der Waals surface area (Å²) in [6.45, 7) is 0.500. The highest BCUT2D eigenvalue weighted by molar-refractivity contribution is 14.1. The Morgan fingerprint density at radius 1 is 1.00 bits per heavy atom. The zero-order valence-electron chi connectivity index (χ0n) is 15.2. The molecular formula is C22H17FI2N2O2. The molecule has 148 valence electrons. The SMILES string of the molecule is O=C(Cc1ccc(F)cc1)N/N=C/c1cc(I)c(OCc2ccccc2)c(I)c1. The Bertz CT molecular complexity index is 986. The lowest BCUT2D eigenvalue weighted by molar-refractivity contribution is -0.120. The lowest BCUT2D eigenvalue weighted by Gasteiger charge is -2.11. The van der Waals surface area contributed by atoms with Crippen LogP contribution in [0.25, 0.3) is 0 Å². The number of hydrogen-bond donors (Lipinski definition) is 1. The predicted molar refractivity (Wildman–Crippen MR) is 128 cm³/mol. The molecule has 0 spiro atoms. The fourth-order valence-corrected chi connectivity index (χ4v) is 4.66. The number of nitrogens with one attached hydrogen (secondary N) is 1. The van der Waals surface area contributed by atoms with E-state index in [1.807, 2.05) is 42.5 Å². The predicted octanol–water partition coefficient (Wildman–Crippen LogP) is 5.31. The van der Waals surface area contributed by atoms with Gasteiger partial charge in [-0.3, -0.25) is 4.79 Å². The molecule has 0 atom stereocenters. The second-order valence-electron chi connectivity index (χ2n) is 6.18. The molecule has 7 heteroatoms.